The van der Waals surface area contributed by atoms with E-state index in [9.17, 15) is 0 Å². The van der Waals surface area contributed by atoms with Crippen molar-refractivity contribution in [3.8, 4) is 0 Å². The smallest absolute Gasteiger partial charge is 0.0299 e. The maximum atomic E-state index is 4.09. The molecule has 0 radical (unpaired) electrons. The van der Waals surface area contributed by atoms with E-state index >= 15 is 0 Å². The Balaban J connectivity index is 2.88. The van der Waals surface area contributed by atoms with E-state index in [4.69, 9.17) is 0 Å². The van der Waals surface area contributed by atoms with Crippen LogP contribution in [0, 0.1) is 6.92 Å². The molecule has 0 saturated heterocycles. The van der Waals surface area contributed by atoms with Crippen LogP contribution >= 0.6 is 0 Å². The highest BCUT2D eigenvalue weighted by atomic mass is 14.9. The molecule has 2 atom stereocenters. The number of nitrogens with zero attached hydrogens (tertiary/aromatic N) is 1. The number of hydrogen-bond acceptors (Lipinski definition) is 2. The molecular formula is C11H18N2. The predicted octanol–water partition coefficient (Wildman–Crippen LogP) is 2.10. The van der Waals surface area contributed by atoms with Crippen LogP contribution in [0.2, 0.25) is 0 Å². The fourth-order valence-electron chi connectivity index (χ4n) is 1.51. The quantitative estimate of drug-likeness (QED) is 0.766. The molecule has 0 aromatic carbocycles. The third-order valence-electron chi connectivity index (χ3n) is 2.76. The van der Waals surface area contributed by atoms with Crippen LogP contribution < -0.4 is 5.32 Å². The highest BCUT2D eigenvalue weighted by Crippen LogP contribution is 2.21. The summed E-state index contributed by atoms with van der Waals surface area (Å²) in [5, 5.41) is 3.27. The first-order valence-corrected chi connectivity index (χ1v) is 4.74. The molecule has 1 N–H and O–H groups in total. The Bertz CT molecular complexity index is 271. The van der Waals surface area contributed by atoms with Gasteiger partial charge in [0.15, 0.2) is 0 Å². The van der Waals surface area contributed by atoms with E-state index in [0.29, 0.717) is 12.0 Å². The van der Waals surface area contributed by atoms with Crippen LogP contribution in [-0.4, -0.2) is 18.1 Å². The molecule has 1 aromatic heterocycles. The molecule has 2 heteroatoms. The van der Waals surface area contributed by atoms with Gasteiger partial charge in [-0.1, -0.05) is 6.92 Å². The van der Waals surface area contributed by atoms with E-state index in [-0.39, 0.29) is 0 Å². The Labute approximate surface area is 80.4 Å². The molecule has 0 aliphatic heterocycles. The predicted molar refractivity (Wildman–Crippen MR) is 55.9 cm³/mol. The van der Waals surface area contributed by atoms with Gasteiger partial charge >= 0.3 is 0 Å². The molecule has 1 rings (SSSR count). The van der Waals surface area contributed by atoms with Crippen LogP contribution in [0.3, 0.4) is 0 Å². The summed E-state index contributed by atoms with van der Waals surface area (Å²) in [5.41, 5.74) is 2.66. The van der Waals surface area contributed by atoms with Crippen LogP contribution in [0.4, 0.5) is 0 Å². The van der Waals surface area contributed by atoms with Gasteiger partial charge in [-0.15, -0.1) is 0 Å². The summed E-state index contributed by atoms with van der Waals surface area (Å²) < 4.78 is 0. The Morgan fingerprint density at radius 3 is 2.62 bits per heavy atom. The van der Waals surface area contributed by atoms with Crippen molar-refractivity contribution in [2.45, 2.75) is 32.7 Å². The first-order chi connectivity index (χ1) is 6.16. The first-order valence-electron chi connectivity index (χ1n) is 4.74. The molecule has 72 valence electrons. The molecule has 1 aromatic rings. The van der Waals surface area contributed by atoms with Crippen molar-refractivity contribution < 1.29 is 0 Å². The SMILES string of the molecule is CNC(C)C(C)c1ccncc1C. The van der Waals surface area contributed by atoms with Gasteiger partial charge in [-0.2, -0.15) is 0 Å². The monoisotopic (exact) mass is 178 g/mol. The van der Waals surface area contributed by atoms with Gasteiger partial charge in [0.25, 0.3) is 0 Å². The molecule has 0 bridgehead atoms. The highest BCUT2D eigenvalue weighted by Gasteiger charge is 2.13. The third-order valence-corrected chi connectivity index (χ3v) is 2.76. The number of aromatic nitrogens is 1. The Kier molecular flexibility index (Phi) is 3.43. The maximum absolute atomic E-state index is 4.09. The van der Waals surface area contributed by atoms with Gasteiger partial charge in [-0.05, 0) is 44.0 Å². The van der Waals surface area contributed by atoms with Crippen molar-refractivity contribution >= 4 is 0 Å². The first kappa shape index (κ1) is 10.2. The second-order valence-corrected chi connectivity index (χ2v) is 3.60. The standard InChI is InChI=1S/C11H18N2/c1-8-7-13-6-5-11(8)9(2)10(3)12-4/h5-7,9-10,12H,1-4H3. The maximum Gasteiger partial charge on any atom is 0.0299 e. The zero-order chi connectivity index (χ0) is 9.84. The lowest BCUT2D eigenvalue weighted by atomic mass is 9.92. The zero-order valence-electron chi connectivity index (χ0n) is 8.83. The van der Waals surface area contributed by atoms with Crippen LogP contribution in [0.5, 0.6) is 0 Å². The fourth-order valence-corrected chi connectivity index (χ4v) is 1.51. The Hall–Kier alpha value is -0.890. The molecule has 0 aliphatic rings. The molecule has 2 unspecified atom stereocenters. The molecule has 0 amide bonds. The van der Waals surface area contributed by atoms with Crippen LogP contribution in [0.15, 0.2) is 18.5 Å². The number of hydrogen-bond donors (Lipinski definition) is 1. The number of aryl methyl sites for hydroxylation is 1. The van der Waals surface area contributed by atoms with Crippen molar-refractivity contribution in [1.82, 2.24) is 10.3 Å². The summed E-state index contributed by atoms with van der Waals surface area (Å²) in [6.45, 7) is 6.55. The van der Waals surface area contributed by atoms with E-state index in [2.05, 4.69) is 37.1 Å². The minimum atomic E-state index is 0.501. The summed E-state index contributed by atoms with van der Waals surface area (Å²) >= 11 is 0. The molecule has 0 saturated carbocycles. The van der Waals surface area contributed by atoms with Crippen molar-refractivity contribution in [2.24, 2.45) is 0 Å². The van der Waals surface area contributed by atoms with E-state index in [1.807, 2.05) is 19.4 Å². The number of pyridine rings is 1. The molecule has 0 fully saturated rings. The zero-order valence-corrected chi connectivity index (χ0v) is 8.83. The van der Waals surface area contributed by atoms with Gasteiger partial charge in [0, 0.05) is 18.4 Å². The fraction of sp³-hybridized carbons (Fsp3) is 0.545. The Morgan fingerprint density at radius 1 is 1.38 bits per heavy atom. The van der Waals surface area contributed by atoms with Gasteiger partial charge in [0.1, 0.15) is 0 Å². The minimum Gasteiger partial charge on any atom is -0.317 e. The summed E-state index contributed by atoms with van der Waals surface area (Å²) in [7, 11) is 2.00. The molecular weight excluding hydrogens is 160 g/mol. The van der Waals surface area contributed by atoms with Gasteiger partial charge in [0.2, 0.25) is 0 Å². The minimum absolute atomic E-state index is 0.501. The van der Waals surface area contributed by atoms with Crippen molar-refractivity contribution in [1.29, 1.82) is 0 Å². The second-order valence-electron chi connectivity index (χ2n) is 3.60. The van der Waals surface area contributed by atoms with E-state index in [0.717, 1.165) is 0 Å². The summed E-state index contributed by atoms with van der Waals surface area (Å²) in [6.07, 6.45) is 3.79. The normalized spacial score (nSPS) is 15.4. The average molecular weight is 178 g/mol. The molecule has 2 nitrogen and oxygen atoms in total. The van der Waals surface area contributed by atoms with Gasteiger partial charge < -0.3 is 5.32 Å². The number of likely N-dealkylation sites (N-methyl/N-ethyl adjacent to an activating group) is 1. The third kappa shape index (κ3) is 2.28. The number of nitrogens with one attached hydrogen (secondary N) is 1. The van der Waals surface area contributed by atoms with Crippen molar-refractivity contribution in [2.75, 3.05) is 7.05 Å². The van der Waals surface area contributed by atoms with E-state index in [1.165, 1.54) is 11.1 Å². The van der Waals surface area contributed by atoms with Crippen molar-refractivity contribution in [3.63, 3.8) is 0 Å². The summed E-state index contributed by atoms with van der Waals surface area (Å²) in [6, 6.07) is 2.61. The van der Waals surface area contributed by atoms with Crippen LogP contribution in [0.25, 0.3) is 0 Å². The summed E-state index contributed by atoms with van der Waals surface area (Å²) in [5.74, 6) is 0.535. The Morgan fingerprint density at radius 2 is 2.08 bits per heavy atom. The lowest BCUT2D eigenvalue weighted by Crippen LogP contribution is -2.27. The molecule has 13 heavy (non-hydrogen) atoms. The topological polar surface area (TPSA) is 24.9 Å². The van der Waals surface area contributed by atoms with Crippen LogP contribution in [-0.2, 0) is 0 Å². The average Bonchev–Trinajstić information content (AvgIpc) is 2.16. The van der Waals surface area contributed by atoms with Gasteiger partial charge in [0.05, 0.1) is 0 Å². The highest BCUT2D eigenvalue weighted by molar-refractivity contribution is 5.26. The largest absolute Gasteiger partial charge is 0.317 e. The van der Waals surface area contributed by atoms with E-state index in [1.54, 1.807) is 0 Å². The van der Waals surface area contributed by atoms with Gasteiger partial charge in [-0.3, -0.25) is 4.98 Å². The second kappa shape index (κ2) is 4.38. The molecule has 0 aliphatic carbocycles. The van der Waals surface area contributed by atoms with E-state index < -0.39 is 0 Å². The summed E-state index contributed by atoms with van der Waals surface area (Å²) in [4.78, 5) is 4.09. The molecule has 0 spiro atoms. The molecule has 1 heterocycles. The van der Waals surface area contributed by atoms with Crippen LogP contribution in [0.1, 0.15) is 30.9 Å². The van der Waals surface area contributed by atoms with Gasteiger partial charge in [-0.25, -0.2) is 0 Å². The van der Waals surface area contributed by atoms with Crippen molar-refractivity contribution in [3.05, 3.63) is 29.6 Å². The lowest BCUT2D eigenvalue weighted by molar-refractivity contribution is 0.522. The number of rotatable bonds is 3. The lowest BCUT2D eigenvalue weighted by Gasteiger charge is -2.20.